The van der Waals surface area contributed by atoms with Crippen molar-refractivity contribution in [3.63, 3.8) is 0 Å². The van der Waals surface area contributed by atoms with Crippen LogP contribution in [0, 0.1) is 5.82 Å². The number of nitrogens with zero attached hydrogens (tertiary/aromatic N) is 3. The molecule has 0 spiro atoms. The zero-order valence-electron chi connectivity index (χ0n) is 13.5. The molecule has 1 aliphatic heterocycles. The first-order valence-electron chi connectivity index (χ1n) is 7.81. The van der Waals surface area contributed by atoms with Crippen LogP contribution >= 0.6 is 0 Å². The van der Waals surface area contributed by atoms with Gasteiger partial charge in [-0.05, 0) is 25.1 Å². The van der Waals surface area contributed by atoms with Gasteiger partial charge in [-0.1, -0.05) is 30.3 Å². The minimum absolute atomic E-state index is 0.0925. The van der Waals surface area contributed by atoms with E-state index in [-0.39, 0.29) is 10.9 Å². The van der Waals surface area contributed by atoms with Crippen LogP contribution in [-0.4, -0.2) is 55.3 Å². The lowest BCUT2D eigenvalue weighted by atomic mass is 10.0. The summed E-state index contributed by atoms with van der Waals surface area (Å²) < 4.78 is 40.8. The van der Waals surface area contributed by atoms with Crippen molar-refractivity contribution in [1.29, 1.82) is 0 Å². The molecule has 0 amide bonds. The molecule has 128 valence electrons. The second kappa shape index (κ2) is 6.96. The minimum Gasteiger partial charge on any atom is -0.303 e. The normalized spacial score (nSPS) is 20.2. The molecule has 1 saturated heterocycles. The van der Waals surface area contributed by atoms with Crippen molar-refractivity contribution in [2.45, 2.75) is 17.4 Å². The number of hydrogen-bond acceptors (Lipinski definition) is 4. The summed E-state index contributed by atoms with van der Waals surface area (Å²) in [5.41, 5.74) is 1.08. The number of rotatable bonds is 4. The van der Waals surface area contributed by atoms with E-state index in [0.29, 0.717) is 26.1 Å². The number of sulfonamides is 1. The minimum atomic E-state index is -3.77. The zero-order valence-corrected chi connectivity index (χ0v) is 14.3. The van der Waals surface area contributed by atoms with Gasteiger partial charge in [-0.3, -0.25) is 4.98 Å². The SMILES string of the molecule is CN1CCN(S(=O)(=O)c2cncc(F)c2)C(Cc2ccccc2)C1. The monoisotopic (exact) mass is 349 g/mol. The van der Waals surface area contributed by atoms with Crippen molar-refractivity contribution in [3.8, 4) is 0 Å². The number of benzene rings is 1. The lowest BCUT2D eigenvalue weighted by Crippen LogP contribution is -2.54. The number of likely N-dealkylation sites (N-methyl/N-ethyl adjacent to an activating group) is 1. The van der Waals surface area contributed by atoms with Gasteiger partial charge in [0.2, 0.25) is 10.0 Å². The van der Waals surface area contributed by atoms with Crippen LogP contribution < -0.4 is 0 Å². The van der Waals surface area contributed by atoms with Gasteiger partial charge in [0, 0.05) is 31.9 Å². The highest BCUT2D eigenvalue weighted by atomic mass is 32.2. The lowest BCUT2D eigenvalue weighted by molar-refractivity contribution is 0.159. The highest BCUT2D eigenvalue weighted by Crippen LogP contribution is 2.23. The van der Waals surface area contributed by atoms with E-state index in [4.69, 9.17) is 0 Å². The lowest BCUT2D eigenvalue weighted by Gasteiger charge is -2.39. The molecule has 7 heteroatoms. The van der Waals surface area contributed by atoms with Crippen LogP contribution in [0.15, 0.2) is 53.7 Å². The Bertz CT molecular complexity index is 798. The number of hydrogen-bond donors (Lipinski definition) is 0. The maximum atomic E-state index is 13.4. The molecule has 1 aromatic carbocycles. The van der Waals surface area contributed by atoms with Gasteiger partial charge in [-0.2, -0.15) is 4.31 Å². The topological polar surface area (TPSA) is 53.5 Å². The Kier molecular flexibility index (Phi) is 4.93. The van der Waals surface area contributed by atoms with Crippen LogP contribution in [0.1, 0.15) is 5.56 Å². The molecular weight excluding hydrogens is 329 g/mol. The molecule has 1 atom stereocenters. The van der Waals surface area contributed by atoms with Gasteiger partial charge in [-0.15, -0.1) is 0 Å². The fraction of sp³-hybridized carbons (Fsp3) is 0.353. The van der Waals surface area contributed by atoms with E-state index in [1.54, 1.807) is 0 Å². The molecular formula is C17H20FN3O2S. The first-order chi connectivity index (χ1) is 11.5. The quantitative estimate of drug-likeness (QED) is 0.844. The van der Waals surface area contributed by atoms with Gasteiger partial charge in [0.1, 0.15) is 10.7 Å². The van der Waals surface area contributed by atoms with Crippen LogP contribution in [0.4, 0.5) is 4.39 Å². The fourth-order valence-corrected chi connectivity index (χ4v) is 4.61. The van der Waals surface area contributed by atoms with Crippen LogP contribution in [-0.2, 0) is 16.4 Å². The van der Waals surface area contributed by atoms with Crippen LogP contribution in [0.2, 0.25) is 0 Å². The Morgan fingerprint density at radius 3 is 2.67 bits per heavy atom. The van der Waals surface area contributed by atoms with E-state index in [2.05, 4.69) is 9.88 Å². The molecule has 0 bridgehead atoms. The maximum Gasteiger partial charge on any atom is 0.245 e. The van der Waals surface area contributed by atoms with E-state index >= 15 is 0 Å². The van der Waals surface area contributed by atoms with E-state index in [0.717, 1.165) is 17.8 Å². The maximum absolute atomic E-state index is 13.4. The van der Waals surface area contributed by atoms with Gasteiger partial charge < -0.3 is 4.90 Å². The highest BCUT2D eigenvalue weighted by Gasteiger charge is 2.35. The Balaban J connectivity index is 1.91. The fourth-order valence-electron chi connectivity index (χ4n) is 3.03. The molecule has 3 rings (SSSR count). The highest BCUT2D eigenvalue weighted by molar-refractivity contribution is 7.89. The number of aromatic nitrogens is 1. The van der Waals surface area contributed by atoms with Gasteiger partial charge in [-0.25, -0.2) is 12.8 Å². The zero-order chi connectivity index (χ0) is 17.2. The summed E-state index contributed by atoms with van der Waals surface area (Å²) in [6.07, 6.45) is 2.83. The average molecular weight is 349 g/mol. The third-order valence-corrected chi connectivity index (χ3v) is 6.15. The number of halogens is 1. The molecule has 5 nitrogen and oxygen atoms in total. The Hall–Kier alpha value is -1.83. The molecule has 0 N–H and O–H groups in total. The van der Waals surface area contributed by atoms with Crippen molar-refractivity contribution >= 4 is 10.0 Å². The molecule has 2 aromatic rings. The predicted molar refractivity (Wildman–Crippen MR) is 89.5 cm³/mol. The smallest absolute Gasteiger partial charge is 0.245 e. The molecule has 1 aromatic heterocycles. The van der Waals surface area contributed by atoms with Gasteiger partial charge in [0.25, 0.3) is 0 Å². The standard InChI is InChI=1S/C17H20FN3O2S/c1-20-7-8-21(16(13-20)9-14-5-3-2-4-6-14)24(22,23)17-10-15(18)11-19-12-17/h2-6,10-12,16H,7-9,13H2,1H3. The largest absolute Gasteiger partial charge is 0.303 e. The molecule has 1 aliphatic rings. The Morgan fingerprint density at radius 2 is 1.96 bits per heavy atom. The summed E-state index contributed by atoms with van der Waals surface area (Å²) in [5.74, 6) is -0.648. The second-order valence-corrected chi connectivity index (χ2v) is 7.95. The summed E-state index contributed by atoms with van der Waals surface area (Å²) in [6, 6.07) is 10.6. The summed E-state index contributed by atoms with van der Waals surface area (Å²) in [4.78, 5) is 5.70. The van der Waals surface area contributed by atoms with Crippen molar-refractivity contribution in [2.24, 2.45) is 0 Å². The summed E-state index contributed by atoms with van der Waals surface area (Å²) in [7, 11) is -1.80. The van der Waals surface area contributed by atoms with E-state index in [9.17, 15) is 12.8 Å². The van der Waals surface area contributed by atoms with Crippen LogP contribution in [0.3, 0.4) is 0 Å². The first kappa shape index (κ1) is 17.0. The average Bonchev–Trinajstić information content (AvgIpc) is 2.55. The molecule has 0 radical (unpaired) electrons. The van der Waals surface area contributed by atoms with Crippen LogP contribution in [0.25, 0.3) is 0 Å². The van der Waals surface area contributed by atoms with Crippen molar-refractivity contribution in [1.82, 2.24) is 14.2 Å². The third kappa shape index (κ3) is 3.63. The van der Waals surface area contributed by atoms with Crippen molar-refractivity contribution < 1.29 is 12.8 Å². The third-order valence-electron chi connectivity index (χ3n) is 4.23. The van der Waals surface area contributed by atoms with Gasteiger partial charge in [0.15, 0.2) is 0 Å². The summed E-state index contributed by atoms with van der Waals surface area (Å²) in [6.45, 7) is 1.66. The van der Waals surface area contributed by atoms with Crippen molar-refractivity contribution in [3.05, 3.63) is 60.2 Å². The first-order valence-corrected chi connectivity index (χ1v) is 9.26. The molecule has 1 unspecified atom stereocenters. The Labute approximate surface area is 141 Å². The summed E-state index contributed by atoms with van der Waals surface area (Å²) in [5, 5.41) is 0. The number of piperazine rings is 1. The van der Waals surface area contributed by atoms with E-state index < -0.39 is 15.8 Å². The molecule has 2 heterocycles. The summed E-state index contributed by atoms with van der Waals surface area (Å²) >= 11 is 0. The van der Waals surface area contributed by atoms with Gasteiger partial charge >= 0.3 is 0 Å². The second-order valence-electron chi connectivity index (χ2n) is 6.06. The van der Waals surface area contributed by atoms with Crippen molar-refractivity contribution in [2.75, 3.05) is 26.7 Å². The van der Waals surface area contributed by atoms with Crippen LogP contribution in [0.5, 0.6) is 0 Å². The molecule has 0 aliphatic carbocycles. The number of pyridine rings is 1. The molecule has 0 saturated carbocycles. The van der Waals surface area contributed by atoms with E-state index in [1.807, 2.05) is 37.4 Å². The van der Waals surface area contributed by atoms with Gasteiger partial charge in [0.05, 0.1) is 6.20 Å². The van der Waals surface area contributed by atoms with E-state index in [1.165, 1.54) is 10.5 Å². The predicted octanol–water partition coefficient (Wildman–Crippen LogP) is 1.77. The molecule has 1 fully saturated rings. The Morgan fingerprint density at radius 1 is 1.21 bits per heavy atom. The molecule has 24 heavy (non-hydrogen) atoms.